The van der Waals surface area contributed by atoms with E-state index in [1.165, 1.54) is 0 Å². The van der Waals surface area contributed by atoms with Crippen LogP contribution in [0.25, 0.3) is 27.7 Å². The molecule has 2 N–H and O–H groups in total. The van der Waals surface area contributed by atoms with Crippen molar-refractivity contribution in [1.82, 2.24) is 14.6 Å². The molecule has 0 atom stereocenters. The molecular weight excluding hydrogens is 318 g/mol. The van der Waals surface area contributed by atoms with Crippen LogP contribution in [-0.2, 0) is 6.61 Å². The molecule has 0 aliphatic heterocycles. The van der Waals surface area contributed by atoms with E-state index in [0.717, 1.165) is 33.2 Å². The highest BCUT2D eigenvalue weighted by Crippen LogP contribution is 2.35. The van der Waals surface area contributed by atoms with Gasteiger partial charge in [-0.2, -0.15) is 5.10 Å². The molecule has 0 aliphatic rings. The van der Waals surface area contributed by atoms with Gasteiger partial charge in [0.05, 0.1) is 19.2 Å². The number of nitrogens with zero attached hydrogens (tertiary/aromatic N) is 2. The molecule has 0 aliphatic carbocycles. The SMILES string of the molecule is COc1cc2c(C)cc3n[nH]c(=O)n3c2cc1-c1cccc(CO)c1. The van der Waals surface area contributed by atoms with Crippen molar-refractivity contribution in [3.63, 3.8) is 0 Å². The molecule has 4 rings (SSSR count). The largest absolute Gasteiger partial charge is 0.496 e. The third-order valence-corrected chi connectivity index (χ3v) is 4.45. The Morgan fingerprint density at radius 1 is 1.24 bits per heavy atom. The molecule has 0 fully saturated rings. The number of hydrogen-bond donors (Lipinski definition) is 2. The van der Waals surface area contributed by atoms with Crippen molar-refractivity contribution in [2.24, 2.45) is 0 Å². The molecule has 6 heteroatoms. The monoisotopic (exact) mass is 335 g/mol. The Morgan fingerprint density at radius 2 is 2.08 bits per heavy atom. The highest BCUT2D eigenvalue weighted by molar-refractivity contribution is 5.92. The summed E-state index contributed by atoms with van der Waals surface area (Å²) in [5.41, 5.74) is 4.65. The van der Waals surface area contributed by atoms with Gasteiger partial charge in [-0.25, -0.2) is 14.3 Å². The maximum Gasteiger partial charge on any atom is 0.348 e. The molecule has 0 radical (unpaired) electrons. The number of fused-ring (bicyclic) bond motifs is 3. The molecule has 126 valence electrons. The Bertz CT molecular complexity index is 1160. The van der Waals surface area contributed by atoms with Gasteiger partial charge in [-0.1, -0.05) is 18.2 Å². The molecule has 0 spiro atoms. The van der Waals surface area contributed by atoms with Gasteiger partial charge >= 0.3 is 5.69 Å². The molecule has 6 nitrogen and oxygen atoms in total. The third kappa shape index (κ3) is 2.38. The predicted octanol–water partition coefficient (Wildman–Crippen LogP) is 2.65. The van der Waals surface area contributed by atoms with Crippen LogP contribution in [0.3, 0.4) is 0 Å². The van der Waals surface area contributed by atoms with Crippen LogP contribution in [0.1, 0.15) is 11.1 Å². The molecular formula is C19H17N3O3. The van der Waals surface area contributed by atoms with E-state index in [1.807, 2.05) is 49.4 Å². The van der Waals surface area contributed by atoms with Crippen LogP contribution in [-0.4, -0.2) is 26.8 Å². The van der Waals surface area contributed by atoms with Crippen molar-refractivity contribution in [3.8, 4) is 16.9 Å². The Balaban J connectivity index is 2.11. The fourth-order valence-corrected chi connectivity index (χ4v) is 3.21. The number of aromatic nitrogens is 3. The van der Waals surface area contributed by atoms with E-state index in [1.54, 1.807) is 11.5 Å². The second-order valence-corrected chi connectivity index (χ2v) is 5.98. The average molecular weight is 335 g/mol. The van der Waals surface area contributed by atoms with Gasteiger partial charge in [0.2, 0.25) is 0 Å². The zero-order valence-corrected chi connectivity index (χ0v) is 13.9. The van der Waals surface area contributed by atoms with Gasteiger partial charge in [0, 0.05) is 10.9 Å². The number of aryl methyl sites for hydroxylation is 1. The van der Waals surface area contributed by atoms with Crippen molar-refractivity contribution < 1.29 is 9.84 Å². The summed E-state index contributed by atoms with van der Waals surface area (Å²) in [6, 6.07) is 13.3. The fraction of sp³-hybridized carbons (Fsp3) is 0.158. The van der Waals surface area contributed by atoms with Gasteiger partial charge in [-0.15, -0.1) is 0 Å². The number of aromatic amines is 1. The Labute approximate surface area is 143 Å². The zero-order valence-electron chi connectivity index (χ0n) is 13.9. The van der Waals surface area contributed by atoms with Gasteiger partial charge in [0.1, 0.15) is 5.75 Å². The molecule has 2 heterocycles. The molecule has 0 saturated carbocycles. The lowest BCUT2D eigenvalue weighted by Crippen LogP contribution is -2.10. The quantitative estimate of drug-likeness (QED) is 0.603. The average Bonchev–Trinajstić information content (AvgIpc) is 3.01. The maximum atomic E-state index is 12.2. The van der Waals surface area contributed by atoms with Gasteiger partial charge < -0.3 is 9.84 Å². The van der Waals surface area contributed by atoms with Crippen molar-refractivity contribution in [1.29, 1.82) is 0 Å². The van der Waals surface area contributed by atoms with Crippen molar-refractivity contribution >= 4 is 16.6 Å². The smallest absolute Gasteiger partial charge is 0.348 e. The molecule has 25 heavy (non-hydrogen) atoms. The summed E-state index contributed by atoms with van der Waals surface area (Å²) in [4.78, 5) is 12.2. The number of aliphatic hydroxyl groups excluding tert-OH is 1. The van der Waals surface area contributed by atoms with Gasteiger partial charge in [-0.3, -0.25) is 0 Å². The number of ether oxygens (including phenoxy) is 1. The zero-order chi connectivity index (χ0) is 17.6. The number of nitrogens with one attached hydrogen (secondary N) is 1. The van der Waals surface area contributed by atoms with Gasteiger partial charge in [0.15, 0.2) is 5.65 Å². The summed E-state index contributed by atoms with van der Waals surface area (Å²) < 4.78 is 7.14. The first kappa shape index (κ1) is 15.4. The van der Waals surface area contributed by atoms with E-state index in [4.69, 9.17) is 4.74 Å². The molecule has 0 amide bonds. The van der Waals surface area contributed by atoms with E-state index in [9.17, 15) is 9.90 Å². The first-order chi connectivity index (χ1) is 12.1. The molecule has 2 aromatic heterocycles. The van der Waals surface area contributed by atoms with Gasteiger partial charge in [-0.05, 0) is 47.9 Å². The molecule has 0 unspecified atom stereocenters. The summed E-state index contributed by atoms with van der Waals surface area (Å²) in [5, 5.41) is 16.9. The molecule has 0 bridgehead atoms. The lowest BCUT2D eigenvalue weighted by Gasteiger charge is -2.13. The molecule has 2 aromatic carbocycles. The van der Waals surface area contributed by atoms with E-state index in [0.29, 0.717) is 11.4 Å². The first-order valence-corrected chi connectivity index (χ1v) is 7.91. The topological polar surface area (TPSA) is 79.6 Å². The second-order valence-electron chi connectivity index (χ2n) is 5.98. The van der Waals surface area contributed by atoms with E-state index in [-0.39, 0.29) is 12.3 Å². The number of hydrogen-bond acceptors (Lipinski definition) is 4. The normalized spacial score (nSPS) is 11.3. The minimum Gasteiger partial charge on any atom is -0.496 e. The van der Waals surface area contributed by atoms with E-state index in [2.05, 4.69) is 10.2 Å². The molecule has 0 saturated heterocycles. The molecule has 4 aromatic rings. The Hall–Kier alpha value is -3.12. The first-order valence-electron chi connectivity index (χ1n) is 7.91. The number of H-pyrrole nitrogens is 1. The number of methoxy groups -OCH3 is 1. The minimum atomic E-state index is -0.278. The maximum absolute atomic E-state index is 12.2. The Morgan fingerprint density at radius 3 is 2.84 bits per heavy atom. The van der Waals surface area contributed by atoms with Crippen molar-refractivity contribution in [2.75, 3.05) is 7.11 Å². The lowest BCUT2D eigenvalue weighted by molar-refractivity contribution is 0.282. The summed E-state index contributed by atoms with van der Waals surface area (Å²) in [7, 11) is 1.62. The standard InChI is InChI=1S/C19H17N3O3/c1-11-6-18-20-21-19(24)22(18)16-8-15(17(25-2)9-14(11)16)13-5-3-4-12(7-13)10-23/h3-9,23H,10H2,1-2H3,(H,21,24). The van der Waals surface area contributed by atoms with Crippen LogP contribution >= 0.6 is 0 Å². The van der Waals surface area contributed by atoms with Crippen LogP contribution in [0.2, 0.25) is 0 Å². The summed E-state index contributed by atoms with van der Waals surface area (Å²) >= 11 is 0. The summed E-state index contributed by atoms with van der Waals surface area (Å²) in [5.74, 6) is 0.710. The minimum absolute atomic E-state index is 0.0335. The lowest BCUT2D eigenvalue weighted by atomic mass is 9.99. The number of pyridine rings is 1. The van der Waals surface area contributed by atoms with Crippen LogP contribution in [0.5, 0.6) is 5.75 Å². The third-order valence-electron chi connectivity index (χ3n) is 4.45. The number of benzene rings is 2. The Kier molecular flexibility index (Phi) is 3.54. The second kappa shape index (κ2) is 5.75. The number of rotatable bonds is 3. The van der Waals surface area contributed by atoms with E-state index < -0.39 is 0 Å². The summed E-state index contributed by atoms with van der Waals surface area (Å²) in [6.07, 6.45) is 0. The van der Waals surface area contributed by atoms with Crippen LogP contribution in [0.4, 0.5) is 0 Å². The van der Waals surface area contributed by atoms with Crippen LogP contribution < -0.4 is 10.4 Å². The van der Waals surface area contributed by atoms with Crippen LogP contribution in [0.15, 0.2) is 47.3 Å². The van der Waals surface area contributed by atoms with Gasteiger partial charge in [0.25, 0.3) is 0 Å². The van der Waals surface area contributed by atoms with Crippen molar-refractivity contribution in [2.45, 2.75) is 13.5 Å². The van der Waals surface area contributed by atoms with Crippen molar-refractivity contribution in [3.05, 3.63) is 64.1 Å². The summed E-state index contributed by atoms with van der Waals surface area (Å²) in [6.45, 7) is 1.95. The highest BCUT2D eigenvalue weighted by atomic mass is 16.5. The highest BCUT2D eigenvalue weighted by Gasteiger charge is 2.14. The number of aliphatic hydroxyl groups is 1. The predicted molar refractivity (Wildman–Crippen MR) is 96.0 cm³/mol. The van der Waals surface area contributed by atoms with Crippen LogP contribution in [0, 0.1) is 6.92 Å². The fourth-order valence-electron chi connectivity index (χ4n) is 3.21. The van der Waals surface area contributed by atoms with E-state index >= 15 is 0 Å².